The van der Waals surface area contributed by atoms with Crippen LogP contribution in [0.4, 0.5) is 18.9 Å². The molecule has 2 amide bonds. The van der Waals surface area contributed by atoms with Crippen LogP contribution in [0.3, 0.4) is 0 Å². The molecule has 226 valence electrons. The predicted octanol–water partition coefficient (Wildman–Crippen LogP) is 6.97. The first-order valence-corrected chi connectivity index (χ1v) is 13.8. The third-order valence-corrected chi connectivity index (χ3v) is 6.68. The number of amides is 2. The molecule has 44 heavy (non-hydrogen) atoms. The van der Waals surface area contributed by atoms with Crippen molar-refractivity contribution in [3.63, 3.8) is 0 Å². The number of ether oxygens (including phenoxy) is 3. The molecule has 0 spiro atoms. The molecule has 0 saturated heterocycles. The molecule has 1 aliphatic heterocycles. The van der Waals surface area contributed by atoms with Gasteiger partial charge < -0.3 is 24.8 Å². The molecule has 4 aromatic rings. The van der Waals surface area contributed by atoms with Crippen LogP contribution in [-0.4, -0.2) is 30.6 Å². The summed E-state index contributed by atoms with van der Waals surface area (Å²) in [4.78, 5) is 26.5. The molecule has 4 aromatic carbocycles. The summed E-state index contributed by atoms with van der Waals surface area (Å²) >= 11 is 0. The number of halogens is 3. The van der Waals surface area contributed by atoms with Gasteiger partial charge in [0.1, 0.15) is 23.3 Å². The summed E-state index contributed by atoms with van der Waals surface area (Å²) < 4.78 is 56.8. The summed E-state index contributed by atoms with van der Waals surface area (Å²) in [5, 5.41) is 5.46. The highest BCUT2D eigenvalue weighted by atomic mass is 19.4. The second-order valence-electron chi connectivity index (χ2n) is 9.98. The zero-order valence-electron chi connectivity index (χ0n) is 23.4. The third-order valence-electron chi connectivity index (χ3n) is 6.68. The second-order valence-corrected chi connectivity index (χ2v) is 9.98. The Hall–Kier alpha value is -5.09. The Bertz CT molecular complexity index is 1590. The Morgan fingerprint density at radius 1 is 0.864 bits per heavy atom. The average Bonchev–Trinajstić information content (AvgIpc) is 3.53. The Balaban J connectivity index is 1.22. The van der Waals surface area contributed by atoms with Crippen molar-refractivity contribution in [2.45, 2.75) is 31.3 Å². The number of nitrogens with one attached hydrogen (secondary N) is 2. The highest BCUT2D eigenvalue weighted by molar-refractivity contribution is 5.98. The molecule has 0 saturated carbocycles. The van der Waals surface area contributed by atoms with Crippen LogP contribution in [0.15, 0.2) is 115 Å². The molecule has 1 aliphatic rings. The number of rotatable bonds is 11. The molecule has 2 unspecified atom stereocenters. The van der Waals surface area contributed by atoms with E-state index >= 15 is 0 Å². The lowest BCUT2D eigenvalue weighted by atomic mass is 10.1. The first-order valence-electron chi connectivity index (χ1n) is 13.8. The maximum atomic E-state index is 13.3. The van der Waals surface area contributed by atoms with E-state index in [0.717, 1.165) is 17.7 Å². The summed E-state index contributed by atoms with van der Waals surface area (Å²) in [6.45, 7) is 0.0789. The van der Waals surface area contributed by atoms with Crippen molar-refractivity contribution < 1.29 is 37.0 Å². The van der Waals surface area contributed by atoms with Crippen LogP contribution < -0.4 is 15.4 Å². The monoisotopic (exact) mass is 602 g/mol. The van der Waals surface area contributed by atoms with E-state index in [9.17, 15) is 22.8 Å². The highest BCUT2D eigenvalue weighted by Gasteiger charge is 2.33. The lowest BCUT2D eigenvalue weighted by Crippen LogP contribution is -2.50. The van der Waals surface area contributed by atoms with Crippen LogP contribution in [0.2, 0.25) is 0 Å². The van der Waals surface area contributed by atoms with Gasteiger partial charge in [-0.1, -0.05) is 60.7 Å². The first-order chi connectivity index (χ1) is 21.2. The molecular formula is C34H29F3N2O5. The molecule has 2 atom stereocenters. The van der Waals surface area contributed by atoms with Gasteiger partial charge in [-0.15, -0.1) is 0 Å². The molecule has 0 aliphatic carbocycles. The first kappa shape index (κ1) is 30.4. The van der Waals surface area contributed by atoms with Crippen molar-refractivity contribution in [3.05, 3.63) is 132 Å². The van der Waals surface area contributed by atoms with E-state index in [1.54, 1.807) is 30.3 Å². The van der Waals surface area contributed by atoms with Gasteiger partial charge >= 0.3 is 6.18 Å². The van der Waals surface area contributed by atoms with E-state index in [1.807, 2.05) is 60.7 Å². The van der Waals surface area contributed by atoms with Gasteiger partial charge in [0.15, 0.2) is 6.10 Å². The minimum absolute atomic E-state index is 0.125. The van der Waals surface area contributed by atoms with Gasteiger partial charge in [0.25, 0.3) is 5.91 Å². The standard InChI is InChI=1S/C34H29F3N2O5/c35-34(36,37)25-11-7-10-24(20-25)30-18-19-31(44-30)33(41)39-29(22-42-21-23-8-3-1-4-9-23)32(40)38-26-14-16-28(17-15-26)43-27-12-5-2-6-13-27/h1-18,20,29,31H,19,21-22H2,(H,38,40)(H,39,41). The van der Waals surface area contributed by atoms with E-state index in [0.29, 0.717) is 17.2 Å². The predicted molar refractivity (Wildman–Crippen MR) is 159 cm³/mol. The van der Waals surface area contributed by atoms with Crippen molar-refractivity contribution in [1.29, 1.82) is 0 Å². The van der Waals surface area contributed by atoms with Crippen LogP contribution >= 0.6 is 0 Å². The normalized spacial score (nSPS) is 15.1. The van der Waals surface area contributed by atoms with Gasteiger partial charge in [-0.2, -0.15) is 13.2 Å². The lowest BCUT2D eigenvalue weighted by molar-refractivity contribution is -0.137. The minimum Gasteiger partial charge on any atom is -0.480 e. The maximum absolute atomic E-state index is 13.3. The number of carbonyl (C=O) groups is 2. The number of para-hydroxylation sites is 1. The number of alkyl halides is 3. The van der Waals surface area contributed by atoms with E-state index in [-0.39, 0.29) is 31.0 Å². The zero-order chi connectivity index (χ0) is 30.9. The van der Waals surface area contributed by atoms with Crippen LogP contribution in [0, 0.1) is 0 Å². The topological polar surface area (TPSA) is 85.9 Å². The third kappa shape index (κ3) is 8.26. The number of hydrogen-bond donors (Lipinski definition) is 2. The second kappa shape index (κ2) is 13.9. The van der Waals surface area contributed by atoms with Crippen LogP contribution in [0.1, 0.15) is 23.1 Å². The Morgan fingerprint density at radius 3 is 2.25 bits per heavy atom. The van der Waals surface area contributed by atoms with Gasteiger partial charge in [-0.05, 0) is 60.2 Å². The lowest BCUT2D eigenvalue weighted by Gasteiger charge is -2.21. The van der Waals surface area contributed by atoms with Gasteiger partial charge in [-0.3, -0.25) is 9.59 Å². The number of anilines is 1. The maximum Gasteiger partial charge on any atom is 0.416 e. The molecule has 5 rings (SSSR count). The van der Waals surface area contributed by atoms with E-state index < -0.39 is 35.7 Å². The van der Waals surface area contributed by atoms with Crippen molar-refractivity contribution in [2.75, 3.05) is 11.9 Å². The molecule has 7 nitrogen and oxygen atoms in total. The minimum atomic E-state index is -4.51. The summed E-state index contributed by atoms with van der Waals surface area (Å²) in [6, 6.07) is 28.9. The van der Waals surface area contributed by atoms with Crippen LogP contribution in [0.25, 0.3) is 5.76 Å². The Morgan fingerprint density at radius 2 is 1.55 bits per heavy atom. The van der Waals surface area contributed by atoms with E-state index in [4.69, 9.17) is 14.2 Å². The quantitative estimate of drug-likeness (QED) is 0.194. The molecule has 0 fully saturated rings. The molecule has 2 N–H and O–H groups in total. The molecule has 0 radical (unpaired) electrons. The van der Waals surface area contributed by atoms with Crippen molar-refractivity contribution >= 4 is 23.3 Å². The number of hydrogen-bond acceptors (Lipinski definition) is 5. The Labute approximate surface area is 252 Å². The van der Waals surface area contributed by atoms with E-state index in [2.05, 4.69) is 10.6 Å². The fourth-order valence-corrected chi connectivity index (χ4v) is 4.44. The number of carbonyl (C=O) groups excluding carboxylic acids is 2. The van der Waals surface area contributed by atoms with Crippen molar-refractivity contribution in [2.24, 2.45) is 0 Å². The van der Waals surface area contributed by atoms with Crippen LogP contribution in [0.5, 0.6) is 11.5 Å². The fourth-order valence-electron chi connectivity index (χ4n) is 4.44. The largest absolute Gasteiger partial charge is 0.480 e. The molecule has 1 heterocycles. The van der Waals surface area contributed by atoms with Gasteiger partial charge in [0, 0.05) is 17.7 Å². The van der Waals surface area contributed by atoms with Gasteiger partial charge in [-0.25, -0.2) is 0 Å². The SMILES string of the molecule is O=C(Nc1ccc(Oc2ccccc2)cc1)C(COCc1ccccc1)NC(=O)C1CC=C(c2cccc(C(F)(F)F)c2)O1. The molecule has 0 bridgehead atoms. The summed E-state index contributed by atoms with van der Waals surface area (Å²) in [7, 11) is 0. The smallest absolute Gasteiger partial charge is 0.416 e. The summed E-state index contributed by atoms with van der Waals surface area (Å²) in [6.07, 6.45) is -3.86. The van der Waals surface area contributed by atoms with E-state index in [1.165, 1.54) is 12.1 Å². The summed E-state index contributed by atoms with van der Waals surface area (Å²) in [5.74, 6) is 0.288. The molecule has 0 aromatic heterocycles. The average molecular weight is 603 g/mol. The van der Waals surface area contributed by atoms with Gasteiger partial charge in [0.2, 0.25) is 5.91 Å². The van der Waals surface area contributed by atoms with Crippen molar-refractivity contribution in [3.8, 4) is 11.5 Å². The van der Waals surface area contributed by atoms with Crippen molar-refractivity contribution in [1.82, 2.24) is 5.32 Å². The fraction of sp³-hybridized carbons (Fsp3) is 0.176. The Kier molecular flexibility index (Phi) is 9.61. The number of benzene rings is 4. The van der Waals surface area contributed by atoms with Crippen LogP contribution in [-0.2, 0) is 31.8 Å². The highest BCUT2D eigenvalue weighted by Crippen LogP contribution is 2.33. The summed E-state index contributed by atoms with van der Waals surface area (Å²) in [5.41, 5.74) is 0.749. The molecular weight excluding hydrogens is 573 g/mol. The van der Waals surface area contributed by atoms with Gasteiger partial charge in [0.05, 0.1) is 18.8 Å². The zero-order valence-corrected chi connectivity index (χ0v) is 23.4. The molecule has 10 heteroatoms.